The van der Waals surface area contributed by atoms with Crippen molar-refractivity contribution in [3.63, 3.8) is 0 Å². The van der Waals surface area contributed by atoms with E-state index in [0.29, 0.717) is 12.5 Å². The van der Waals surface area contributed by atoms with Crippen LogP contribution in [0.15, 0.2) is 0 Å². The largest absolute Gasteiger partial charge is 0.378 e. The Balaban J connectivity index is 2.21. The Morgan fingerprint density at radius 3 is 2.65 bits per heavy atom. The van der Waals surface area contributed by atoms with Crippen LogP contribution in [0.25, 0.3) is 0 Å². The Bertz CT molecular complexity index is 297. The lowest BCUT2D eigenvalue weighted by atomic mass is 10.0. The maximum Gasteiger partial charge on any atom is 0.147 e. The van der Waals surface area contributed by atoms with E-state index in [4.69, 9.17) is 4.74 Å². The van der Waals surface area contributed by atoms with E-state index in [0.717, 1.165) is 25.9 Å². The van der Waals surface area contributed by atoms with Gasteiger partial charge in [-0.05, 0) is 45.6 Å². The lowest BCUT2D eigenvalue weighted by molar-refractivity contribution is 0.00866. The van der Waals surface area contributed by atoms with E-state index < -0.39 is 9.84 Å². The van der Waals surface area contributed by atoms with Crippen LogP contribution in [-0.2, 0) is 14.6 Å². The molecule has 0 radical (unpaired) electrons. The summed E-state index contributed by atoms with van der Waals surface area (Å²) >= 11 is 0. The second kappa shape index (κ2) is 7.34. The molecule has 0 aromatic rings. The van der Waals surface area contributed by atoms with Crippen molar-refractivity contribution in [2.24, 2.45) is 0 Å². The van der Waals surface area contributed by atoms with Gasteiger partial charge in [0.25, 0.3) is 0 Å². The molecule has 0 spiro atoms. The zero-order valence-corrected chi connectivity index (χ0v) is 11.8. The molecule has 0 saturated carbocycles. The lowest BCUT2D eigenvalue weighted by Gasteiger charge is -2.24. The van der Waals surface area contributed by atoms with Crippen molar-refractivity contribution in [2.45, 2.75) is 50.7 Å². The molecule has 0 aliphatic carbocycles. The third-order valence-electron chi connectivity index (χ3n) is 3.36. The predicted octanol–water partition coefficient (Wildman–Crippen LogP) is 1.36. The minimum absolute atomic E-state index is 0.268. The average molecular weight is 263 g/mol. The summed E-state index contributed by atoms with van der Waals surface area (Å²) in [5, 5.41) is 3.19. The summed E-state index contributed by atoms with van der Waals surface area (Å²) in [6, 6.07) is 0.287. The summed E-state index contributed by atoms with van der Waals surface area (Å²) in [5.74, 6) is 0.268. The molecule has 5 heteroatoms. The smallest absolute Gasteiger partial charge is 0.147 e. The highest BCUT2D eigenvalue weighted by molar-refractivity contribution is 7.90. The van der Waals surface area contributed by atoms with Crippen molar-refractivity contribution >= 4 is 9.84 Å². The fourth-order valence-electron chi connectivity index (χ4n) is 2.21. The van der Waals surface area contributed by atoms with E-state index in [2.05, 4.69) is 5.32 Å². The first-order chi connectivity index (χ1) is 8.01. The number of hydrogen-bond donors (Lipinski definition) is 1. The Kier molecular flexibility index (Phi) is 6.44. The predicted molar refractivity (Wildman–Crippen MR) is 70.0 cm³/mol. The van der Waals surface area contributed by atoms with Crippen LogP contribution in [0.4, 0.5) is 0 Å². The molecule has 0 aromatic carbocycles. The van der Waals surface area contributed by atoms with Gasteiger partial charge in [-0.25, -0.2) is 8.42 Å². The monoisotopic (exact) mass is 263 g/mol. The zero-order valence-electron chi connectivity index (χ0n) is 10.9. The molecule has 1 N–H and O–H groups in total. The highest BCUT2D eigenvalue weighted by Gasteiger charge is 2.16. The quantitative estimate of drug-likeness (QED) is 0.753. The van der Waals surface area contributed by atoms with Crippen LogP contribution in [0.1, 0.15) is 38.5 Å². The van der Waals surface area contributed by atoms with Gasteiger partial charge in [-0.3, -0.25) is 0 Å². The zero-order chi connectivity index (χ0) is 12.7. The first kappa shape index (κ1) is 14.9. The van der Waals surface area contributed by atoms with Gasteiger partial charge in [-0.15, -0.1) is 0 Å². The highest BCUT2D eigenvalue weighted by Crippen LogP contribution is 2.18. The van der Waals surface area contributed by atoms with Crippen molar-refractivity contribution in [3.8, 4) is 0 Å². The SMILES string of the molecule is CNC(CCC1CCCCO1)CCS(C)(=O)=O. The average Bonchev–Trinajstić information content (AvgIpc) is 2.29. The van der Waals surface area contributed by atoms with Crippen molar-refractivity contribution in [3.05, 3.63) is 0 Å². The normalized spacial score (nSPS) is 23.5. The van der Waals surface area contributed by atoms with Gasteiger partial charge in [0.05, 0.1) is 11.9 Å². The lowest BCUT2D eigenvalue weighted by Crippen LogP contribution is -2.30. The molecule has 0 bridgehead atoms. The van der Waals surface area contributed by atoms with E-state index >= 15 is 0 Å². The molecule has 2 unspecified atom stereocenters. The summed E-state index contributed by atoms with van der Waals surface area (Å²) in [7, 11) is -0.946. The van der Waals surface area contributed by atoms with Crippen LogP contribution in [0.5, 0.6) is 0 Å². The summed E-state index contributed by atoms with van der Waals surface area (Å²) < 4.78 is 27.9. The summed E-state index contributed by atoms with van der Waals surface area (Å²) in [4.78, 5) is 0. The van der Waals surface area contributed by atoms with Crippen LogP contribution in [0, 0.1) is 0 Å². The number of sulfone groups is 1. The van der Waals surface area contributed by atoms with Crippen molar-refractivity contribution in [1.29, 1.82) is 0 Å². The molecule has 1 fully saturated rings. The van der Waals surface area contributed by atoms with Gasteiger partial charge in [-0.2, -0.15) is 0 Å². The van der Waals surface area contributed by atoms with E-state index in [9.17, 15) is 8.42 Å². The minimum atomic E-state index is -2.84. The molecule has 102 valence electrons. The molecule has 1 aliphatic rings. The number of rotatable bonds is 7. The van der Waals surface area contributed by atoms with Crippen LogP contribution >= 0.6 is 0 Å². The van der Waals surface area contributed by atoms with Crippen molar-refractivity contribution in [2.75, 3.05) is 25.7 Å². The molecule has 1 heterocycles. The fraction of sp³-hybridized carbons (Fsp3) is 1.00. The Hall–Kier alpha value is -0.130. The van der Waals surface area contributed by atoms with Crippen LogP contribution in [0.2, 0.25) is 0 Å². The molecule has 1 rings (SSSR count). The Labute approximate surface area is 105 Å². The highest BCUT2D eigenvalue weighted by atomic mass is 32.2. The topological polar surface area (TPSA) is 55.4 Å². The summed E-state index contributed by atoms with van der Waals surface area (Å²) in [6.07, 6.45) is 8.01. The van der Waals surface area contributed by atoms with E-state index in [1.54, 1.807) is 0 Å². The summed E-state index contributed by atoms with van der Waals surface area (Å²) in [5.41, 5.74) is 0. The molecule has 4 nitrogen and oxygen atoms in total. The van der Waals surface area contributed by atoms with Gasteiger partial charge in [0, 0.05) is 18.9 Å². The molecular weight excluding hydrogens is 238 g/mol. The van der Waals surface area contributed by atoms with Gasteiger partial charge < -0.3 is 10.1 Å². The van der Waals surface area contributed by atoms with Crippen molar-refractivity contribution < 1.29 is 13.2 Å². The summed E-state index contributed by atoms with van der Waals surface area (Å²) in [6.45, 7) is 0.887. The van der Waals surface area contributed by atoms with Gasteiger partial charge in [0.1, 0.15) is 9.84 Å². The third-order valence-corrected chi connectivity index (χ3v) is 4.33. The Morgan fingerprint density at radius 2 is 2.12 bits per heavy atom. The molecule has 1 aliphatic heterocycles. The van der Waals surface area contributed by atoms with Crippen LogP contribution in [-0.4, -0.2) is 46.2 Å². The van der Waals surface area contributed by atoms with Crippen LogP contribution < -0.4 is 5.32 Å². The molecule has 1 saturated heterocycles. The first-order valence-corrected chi connectivity index (χ1v) is 8.54. The number of hydrogen-bond acceptors (Lipinski definition) is 4. The van der Waals surface area contributed by atoms with Crippen molar-refractivity contribution in [1.82, 2.24) is 5.32 Å². The molecular formula is C12H25NO3S. The molecule has 0 amide bonds. The van der Waals surface area contributed by atoms with Gasteiger partial charge in [0.15, 0.2) is 0 Å². The number of ether oxygens (including phenoxy) is 1. The van der Waals surface area contributed by atoms with Gasteiger partial charge >= 0.3 is 0 Å². The maximum absolute atomic E-state index is 11.1. The van der Waals surface area contributed by atoms with Gasteiger partial charge in [0.2, 0.25) is 0 Å². The fourth-order valence-corrected chi connectivity index (χ4v) is 2.92. The Morgan fingerprint density at radius 1 is 1.35 bits per heavy atom. The number of nitrogens with one attached hydrogen (secondary N) is 1. The standard InChI is InChI=1S/C12H25NO3S/c1-13-11(8-10-17(2,14)15)6-7-12-5-3-4-9-16-12/h11-13H,3-10H2,1-2H3. The first-order valence-electron chi connectivity index (χ1n) is 6.48. The third kappa shape index (κ3) is 7.01. The molecule has 2 atom stereocenters. The molecule has 17 heavy (non-hydrogen) atoms. The molecule has 0 aromatic heterocycles. The van der Waals surface area contributed by atoms with Crippen LogP contribution in [0.3, 0.4) is 0 Å². The second-order valence-electron chi connectivity index (χ2n) is 4.97. The van der Waals surface area contributed by atoms with Gasteiger partial charge in [-0.1, -0.05) is 0 Å². The van der Waals surface area contributed by atoms with E-state index in [1.807, 2.05) is 7.05 Å². The maximum atomic E-state index is 11.1. The van der Waals surface area contributed by atoms with E-state index in [1.165, 1.54) is 19.1 Å². The second-order valence-corrected chi connectivity index (χ2v) is 7.23. The minimum Gasteiger partial charge on any atom is -0.378 e. The van der Waals surface area contributed by atoms with E-state index in [-0.39, 0.29) is 11.8 Å².